The third-order valence-electron chi connectivity index (χ3n) is 8.86. The van der Waals surface area contributed by atoms with Crippen molar-refractivity contribution in [3.05, 3.63) is 44.3 Å². The van der Waals surface area contributed by atoms with E-state index >= 15 is 0 Å². The lowest BCUT2D eigenvalue weighted by molar-refractivity contribution is 0.0904. The molecule has 0 saturated carbocycles. The molecule has 10 nitrogen and oxygen atoms in total. The van der Waals surface area contributed by atoms with E-state index in [-0.39, 0.29) is 21.7 Å². The normalized spacial score (nSPS) is 14.8. The lowest BCUT2D eigenvalue weighted by Crippen LogP contribution is -2.27. The van der Waals surface area contributed by atoms with Crippen molar-refractivity contribution in [2.45, 2.75) is 190 Å². The molecule has 1 saturated heterocycles. The molecule has 4 aromatic heterocycles. The lowest BCUT2D eigenvalue weighted by Gasteiger charge is -2.22. The third-order valence-corrected chi connectivity index (χ3v) is 14.3. The maximum absolute atomic E-state index is 5.36. The molecule has 5 heterocycles. The van der Waals surface area contributed by atoms with Gasteiger partial charge in [-0.15, -0.1) is 45.3 Å². The predicted molar refractivity (Wildman–Crippen MR) is 262 cm³/mol. The third kappa shape index (κ3) is 20.8. The number of nitrogens with one attached hydrogen (secondary N) is 4. The van der Waals surface area contributed by atoms with Crippen molar-refractivity contribution in [2.24, 2.45) is 0 Å². The number of hydrogen-bond donors (Lipinski definition) is 4. The molecule has 0 aliphatic carbocycles. The molecular formula is C45H80N8O2S4. The van der Waals surface area contributed by atoms with E-state index in [4.69, 9.17) is 9.47 Å². The first-order chi connectivity index (χ1) is 27.3. The van der Waals surface area contributed by atoms with Gasteiger partial charge in [0.2, 0.25) is 0 Å². The van der Waals surface area contributed by atoms with Crippen LogP contribution in [0.4, 0.5) is 20.5 Å². The van der Waals surface area contributed by atoms with Crippen LogP contribution >= 0.6 is 45.3 Å². The van der Waals surface area contributed by atoms with Crippen LogP contribution < -0.4 is 21.3 Å². The van der Waals surface area contributed by atoms with Crippen molar-refractivity contribution < 1.29 is 9.47 Å². The smallest absolute Gasteiger partial charge is 0.183 e. The molecule has 0 bridgehead atoms. The van der Waals surface area contributed by atoms with Gasteiger partial charge in [0.05, 0.1) is 6.61 Å². The minimum Gasteiger partial charge on any atom is -0.381 e. The van der Waals surface area contributed by atoms with Crippen LogP contribution in [-0.4, -0.2) is 70.5 Å². The minimum atomic E-state index is 0.181. The van der Waals surface area contributed by atoms with Crippen molar-refractivity contribution >= 4 is 65.9 Å². The highest BCUT2D eigenvalue weighted by molar-refractivity contribution is 7.16. The number of anilines is 4. The highest BCUT2D eigenvalue weighted by Gasteiger charge is 2.21. The van der Waals surface area contributed by atoms with Crippen LogP contribution in [0.3, 0.4) is 0 Å². The Labute approximate surface area is 375 Å². The van der Waals surface area contributed by atoms with Crippen molar-refractivity contribution in [3.8, 4) is 0 Å². The van der Waals surface area contributed by atoms with E-state index in [1.807, 2.05) is 31.7 Å². The van der Waals surface area contributed by atoms with Gasteiger partial charge >= 0.3 is 0 Å². The van der Waals surface area contributed by atoms with Crippen LogP contribution in [0.1, 0.15) is 163 Å². The van der Waals surface area contributed by atoms with Gasteiger partial charge in [-0.3, -0.25) is 0 Å². The van der Waals surface area contributed by atoms with Gasteiger partial charge in [0, 0.05) is 88.3 Å². The highest BCUT2D eigenvalue weighted by Crippen LogP contribution is 2.33. The van der Waals surface area contributed by atoms with Crippen molar-refractivity contribution in [3.63, 3.8) is 0 Å². The van der Waals surface area contributed by atoms with E-state index in [9.17, 15) is 0 Å². The summed E-state index contributed by atoms with van der Waals surface area (Å²) in [5.74, 6) is 0. The molecule has 0 amide bonds. The molecule has 1 fully saturated rings. The van der Waals surface area contributed by atoms with Crippen LogP contribution in [0.2, 0.25) is 0 Å². The largest absolute Gasteiger partial charge is 0.381 e. The molecule has 1 unspecified atom stereocenters. The summed E-state index contributed by atoms with van der Waals surface area (Å²) < 4.78 is 10.7. The second kappa shape index (κ2) is 24.3. The Kier molecular flexibility index (Phi) is 21.8. The summed E-state index contributed by atoms with van der Waals surface area (Å²) in [6, 6.07) is 1.81. The van der Waals surface area contributed by atoms with Crippen molar-refractivity contribution in [1.29, 1.82) is 0 Å². The van der Waals surface area contributed by atoms with Crippen molar-refractivity contribution in [2.75, 3.05) is 47.7 Å². The van der Waals surface area contributed by atoms with E-state index in [1.165, 1.54) is 19.5 Å². The zero-order valence-electron chi connectivity index (χ0n) is 39.8. The van der Waals surface area contributed by atoms with E-state index in [0.29, 0.717) is 24.2 Å². The fourth-order valence-electron chi connectivity index (χ4n) is 4.87. The maximum Gasteiger partial charge on any atom is 0.183 e. The topological polar surface area (TPSA) is 118 Å². The molecule has 336 valence electrons. The second-order valence-corrected chi connectivity index (χ2v) is 23.7. The second-order valence-electron chi connectivity index (χ2n) is 19.6. The molecular weight excluding hydrogens is 813 g/mol. The van der Waals surface area contributed by atoms with E-state index in [1.54, 1.807) is 45.3 Å². The molecule has 5 rings (SSSR count). The van der Waals surface area contributed by atoms with Gasteiger partial charge in [-0.2, -0.15) is 0 Å². The molecule has 2 atom stereocenters. The van der Waals surface area contributed by atoms with E-state index < -0.39 is 0 Å². The Morgan fingerprint density at radius 2 is 0.932 bits per heavy atom. The number of ether oxygens (including phenoxy) is 2. The van der Waals surface area contributed by atoms with Gasteiger partial charge in [0.15, 0.2) is 20.5 Å². The summed E-state index contributed by atoms with van der Waals surface area (Å²) in [6.45, 7) is 42.5. The summed E-state index contributed by atoms with van der Waals surface area (Å²) >= 11 is 7.00. The SMILES string of the molecule is CC(C)(C)c1cnc(NC2CCOCC2)s1.CC(C)Nc1ncc(C(C)(C)C)s1.CCOCC(C)Nc1ncc(C(C)(C)C)s1.CC[C@@H](C)Nc1ncc(C(C)(C)C)s1. The summed E-state index contributed by atoms with van der Waals surface area (Å²) in [4.78, 5) is 22.8. The first-order valence-corrected chi connectivity index (χ1v) is 24.6. The van der Waals surface area contributed by atoms with Crippen LogP contribution in [0.25, 0.3) is 0 Å². The summed E-state index contributed by atoms with van der Waals surface area (Å²) in [5.41, 5.74) is 0.815. The molecule has 4 N–H and O–H groups in total. The fraction of sp³-hybridized carbons (Fsp3) is 0.733. The van der Waals surface area contributed by atoms with Gasteiger partial charge < -0.3 is 30.7 Å². The van der Waals surface area contributed by atoms with Crippen LogP contribution in [0.5, 0.6) is 0 Å². The number of nitrogens with zero attached hydrogens (tertiary/aromatic N) is 4. The van der Waals surface area contributed by atoms with Gasteiger partial charge in [-0.1, -0.05) is 90.0 Å². The Bertz CT molecular complexity index is 1710. The number of thiazole rings is 4. The van der Waals surface area contributed by atoms with Crippen LogP contribution in [0, 0.1) is 0 Å². The predicted octanol–water partition coefficient (Wildman–Crippen LogP) is 13.2. The van der Waals surface area contributed by atoms with E-state index in [0.717, 1.165) is 66.2 Å². The van der Waals surface area contributed by atoms with Gasteiger partial charge in [0.25, 0.3) is 0 Å². The van der Waals surface area contributed by atoms with Gasteiger partial charge in [0.1, 0.15) is 0 Å². The zero-order chi connectivity index (χ0) is 44.6. The molecule has 4 aromatic rings. The fourth-order valence-corrected chi connectivity index (χ4v) is 8.82. The number of aromatic nitrogens is 4. The molecule has 0 aromatic carbocycles. The molecule has 1 aliphatic rings. The standard InChI is InChI=1S/C12H20N2OS.C12H22N2OS.C11H20N2S.C10H18N2S/c1-12(2,3)10-8-13-11(16-10)14-9-4-6-15-7-5-9;1-6-15-8-9(2)14-11-13-7-10(16-11)12(3,4)5;1-6-8(2)13-10-12-7-9(14-10)11(3,4)5;1-7(2)12-9-11-6-8(13-9)10(3,4)5/h8-9H,4-7H2,1-3H3,(H,13,14);7,9H,6,8H2,1-5H3,(H,13,14);7-8H,6H2,1-5H3,(H,12,13);6-7H,1-5H3,(H,11,12)/t;;8-;/m..1./s1. The van der Waals surface area contributed by atoms with Gasteiger partial charge in [-0.25, -0.2) is 19.9 Å². The monoisotopic (exact) mass is 893 g/mol. The van der Waals surface area contributed by atoms with Crippen LogP contribution in [-0.2, 0) is 31.1 Å². The molecule has 59 heavy (non-hydrogen) atoms. The number of rotatable bonds is 12. The summed E-state index contributed by atoms with van der Waals surface area (Å²) in [7, 11) is 0. The van der Waals surface area contributed by atoms with Gasteiger partial charge in [-0.05, 0) is 75.5 Å². The molecule has 1 aliphatic heterocycles. The maximum atomic E-state index is 5.36. The van der Waals surface area contributed by atoms with Crippen LogP contribution in [0.15, 0.2) is 24.8 Å². The molecule has 0 radical (unpaired) electrons. The highest BCUT2D eigenvalue weighted by atomic mass is 32.1. The molecule has 0 spiro atoms. The first kappa shape index (κ1) is 52.8. The Morgan fingerprint density at radius 3 is 1.27 bits per heavy atom. The lowest BCUT2D eigenvalue weighted by atomic mass is 9.96. The Hall–Kier alpha value is -2.36. The summed E-state index contributed by atoms with van der Waals surface area (Å²) in [6.07, 6.45) is 11.2. The Balaban J connectivity index is 0.000000272. The minimum absolute atomic E-state index is 0.181. The molecule has 14 heteroatoms. The quantitative estimate of drug-likeness (QED) is 0.109. The zero-order valence-corrected chi connectivity index (χ0v) is 43.1. The van der Waals surface area contributed by atoms with E-state index in [2.05, 4.69) is 159 Å². The summed E-state index contributed by atoms with van der Waals surface area (Å²) in [5, 5.41) is 17.7. The number of hydrogen-bond acceptors (Lipinski definition) is 14. The average molecular weight is 893 g/mol. The average Bonchev–Trinajstić information content (AvgIpc) is 3.96. The van der Waals surface area contributed by atoms with Crippen molar-refractivity contribution in [1.82, 2.24) is 19.9 Å². The first-order valence-electron chi connectivity index (χ1n) is 21.4. The Morgan fingerprint density at radius 1 is 0.576 bits per heavy atom.